The summed E-state index contributed by atoms with van der Waals surface area (Å²) in [6, 6.07) is 28.2. The van der Waals surface area contributed by atoms with Gasteiger partial charge in [-0.2, -0.15) is 0 Å². The molecule has 1 atom stereocenters. The topological polar surface area (TPSA) is 50.8 Å². The second-order valence-corrected chi connectivity index (χ2v) is 9.76. The van der Waals surface area contributed by atoms with Gasteiger partial charge in [0, 0.05) is 39.0 Å². The highest BCUT2D eigenvalue weighted by atomic mass is 35.5. The molecule has 0 saturated carbocycles. The number of nitrogens with one attached hydrogen (secondary N) is 1. The predicted octanol–water partition coefficient (Wildman–Crippen LogP) is 7.58. The number of fused-ring (bicyclic) bond motifs is 1. The van der Waals surface area contributed by atoms with Gasteiger partial charge in [0.25, 0.3) is 0 Å². The fraction of sp³-hybridized carbons (Fsp3) is 0.207. The van der Waals surface area contributed by atoms with Crippen LogP contribution in [-0.2, 0) is 16.1 Å². The summed E-state index contributed by atoms with van der Waals surface area (Å²) in [6.45, 7) is 2.68. The molecule has 0 amide bonds. The lowest BCUT2D eigenvalue weighted by Crippen LogP contribution is -2.34. The van der Waals surface area contributed by atoms with Crippen molar-refractivity contribution in [1.82, 2.24) is 0 Å². The van der Waals surface area contributed by atoms with E-state index >= 15 is 0 Å². The Morgan fingerprint density at radius 1 is 0.944 bits per heavy atom. The Kier molecular flexibility index (Phi) is 8.62. The van der Waals surface area contributed by atoms with Crippen molar-refractivity contribution in [3.63, 3.8) is 0 Å². The Morgan fingerprint density at radius 2 is 1.64 bits per heavy atom. The molecule has 1 N–H and O–H groups in total. The van der Waals surface area contributed by atoms with Crippen molar-refractivity contribution in [3.8, 4) is 5.75 Å². The number of esters is 1. The van der Waals surface area contributed by atoms with Gasteiger partial charge in [-0.1, -0.05) is 48.0 Å². The Morgan fingerprint density at radius 3 is 2.31 bits per heavy atom. The number of carbonyl (C=O) groups is 1. The van der Waals surface area contributed by atoms with E-state index in [-0.39, 0.29) is 18.4 Å². The molecule has 0 saturated heterocycles. The summed E-state index contributed by atoms with van der Waals surface area (Å²) in [6.07, 6.45) is 0.283. The molecule has 0 aliphatic heterocycles. The molecule has 36 heavy (non-hydrogen) atoms. The molecule has 186 valence electrons. The van der Waals surface area contributed by atoms with Gasteiger partial charge in [0.1, 0.15) is 5.75 Å². The molecule has 0 radical (unpaired) electrons. The minimum absolute atomic E-state index is 0.0796. The summed E-state index contributed by atoms with van der Waals surface area (Å²) in [5.74, 6) is 0.595. The van der Waals surface area contributed by atoms with Gasteiger partial charge in [-0.25, -0.2) is 0 Å². The van der Waals surface area contributed by atoms with Gasteiger partial charge >= 0.3 is 5.97 Å². The minimum atomic E-state index is -0.234. The lowest BCUT2D eigenvalue weighted by molar-refractivity contribution is -0.140. The lowest BCUT2D eigenvalue weighted by Gasteiger charge is -2.32. The molecule has 0 unspecified atom stereocenters. The van der Waals surface area contributed by atoms with Gasteiger partial charge in [-0.3, -0.25) is 4.79 Å². The summed E-state index contributed by atoms with van der Waals surface area (Å²) in [4.78, 5) is 15.5. The van der Waals surface area contributed by atoms with Crippen LogP contribution in [0.5, 0.6) is 5.75 Å². The van der Waals surface area contributed by atoms with Crippen LogP contribution in [0.2, 0.25) is 5.02 Å². The quantitative estimate of drug-likeness (QED) is 0.172. The molecule has 4 aromatic carbocycles. The summed E-state index contributed by atoms with van der Waals surface area (Å²) >= 11 is 7.66. The van der Waals surface area contributed by atoms with E-state index in [1.807, 2.05) is 67.6 Å². The third-order valence-electron chi connectivity index (χ3n) is 6.04. The number of methoxy groups -OCH3 is 2. The highest BCUT2D eigenvalue weighted by molar-refractivity contribution is 8.00. The average molecular weight is 521 g/mol. The average Bonchev–Trinajstić information content (AvgIpc) is 2.91. The molecule has 7 heteroatoms. The molecule has 0 aliphatic rings. The first-order valence-electron chi connectivity index (χ1n) is 11.6. The van der Waals surface area contributed by atoms with Crippen molar-refractivity contribution in [1.29, 1.82) is 0 Å². The molecular formula is C29H29ClN2O3S. The minimum Gasteiger partial charge on any atom is -0.497 e. The van der Waals surface area contributed by atoms with Crippen molar-refractivity contribution in [2.75, 3.05) is 23.8 Å². The fourth-order valence-corrected chi connectivity index (χ4v) is 4.88. The first-order valence-corrected chi connectivity index (χ1v) is 12.8. The smallest absolute Gasteiger partial charge is 0.307 e. The molecule has 5 nitrogen and oxygen atoms in total. The van der Waals surface area contributed by atoms with Crippen LogP contribution >= 0.6 is 23.5 Å². The molecule has 0 aromatic heterocycles. The highest BCUT2D eigenvalue weighted by Crippen LogP contribution is 2.36. The van der Waals surface area contributed by atoms with Gasteiger partial charge in [0.2, 0.25) is 0 Å². The van der Waals surface area contributed by atoms with Gasteiger partial charge in [0.05, 0.1) is 26.3 Å². The molecule has 4 aromatic rings. The lowest BCUT2D eigenvalue weighted by atomic mass is 10.0. The van der Waals surface area contributed by atoms with Crippen LogP contribution in [0.1, 0.15) is 18.9 Å². The van der Waals surface area contributed by atoms with Crippen LogP contribution in [0.15, 0.2) is 89.8 Å². The van der Waals surface area contributed by atoms with Crippen LogP contribution in [0.3, 0.4) is 0 Å². The Hall–Kier alpha value is -3.35. The van der Waals surface area contributed by atoms with Crippen LogP contribution in [0, 0.1) is 0 Å². The van der Waals surface area contributed by atoms with Gasteiger partial charge < -0.3 is 19.1 Å². The second-order valence-electron chi connectivity index (χ2n) is 8.44. The maximum atomic E-state index is 12.1. The number of rotatable bonds is 10. The van der Waals surface area contributed by atoms with E-state index in [9.17, 15) is 4.79 Å². The largest absolute Gasteiger partial charge is 0.497 e. The maximum absolute atomic E-state index is 12.1. The molecule has 0 spiro atoms. The molecule has 0 bridgehead atoms. The van der Waals surface area contributed by atoms with Crippen LogP contribution < -0.4 is 14.4 Å². The van der Waals surface area contributed by atoms with Gasteiger partial charge in [-0.15, -0.1) is 0 Å². The number of carbonyl (C=O) groups excluding carboxylic acids is 1. The maximum Gasteiger partial charge on any atom is 0.307 e. The second kappa shape index (κ2) is 12.1. The SMILES string of the molecule is COC(=O)C[C@H](C)N(Cc1ccc(Cl)cc1)c1ccc(NSc2ccc(OC)cc2)c2ccccc12. The monoisotopic (exact) mass is 520 g/mol. The van der Waals surface area contributed by atoms with E-state index in [4.69, 9.17) is 21.1 Å². The van der Waals surface area contributed by atoms with E-state index in [0.717, 1.165) is 38.4 Å². The van der Waals surface area contributed by atoms with E-state index in [0.29, 0.717) is 11.6 Å². The van der Waals surface area contributed by atoms with Gasteiger partial charge in [-0.05, 0) is 73.0 Å². The van der Waals surface area contributed by atoms with E-state index in [1.54, 1.807) is 19.1 Å². The molecule has 4 rings (SSSR count). The van der Waals surface area contributed by atoms with Crippen LogP contribution in [0.4, 0.5) is 11.4 Å². The number of nitrogens with zero attached hydrogens (tertiary/aromatic N) is 1. The third-order valence-corrected chi connectivity index (χ3v) is 7.12. The Labute approximate surface area is 221 Å². The van der Waals surface area contributed by atoms with Crippen molar-refractivity contribution in [2.45, 2.75) is 30.8 Å². The summed E-state index contributed by atoms with van der Waals surface area (Å²) in [5, 5.41) is 2.90. The molecule has 0 fully saturated rings. The summed E-state index contributed by atoms with van der Waals surface area (Å²) < 4.78 is 13.7. The standard InChI is InChI=1S/C29H29ClN2O3S/c1-20(18-29(33)35-3)32(19-21-8-10-22(30)11-9-21)28-17-16-27(25-6-4-5-7-26(25)28)31-36-24-14-12-23(34-2)13-15-24/h4-17,20,31H,18-19H2,1-3H3/t20-/m0/s1. The zero-order valence-corrected chi connectivity index (χ0v) is 22.1. The van der Waals surface area contributed by atoms with Crippen LogP contribution in [0.25, 0.3) is 10.8 Å². The first-order chi connectivity index (χ1) is 17.5. The zero-order chi connectivity index (χ0) is 25.5. The number of hydrogen-bond acceptors (Lipinski definition) is 6. The highest BCUT2D eigenvalue weighted by Gasteiger charge is 2.21. The molecule has 0 aliphatic carbocycles. The Balaban J connectivity index is 1.67. The first kappa shape index (κ1) is 25.7. The number of hydrogen-bond donors (Lipinski definition) is 1. The molecule has 0 heterocycles. The third kappa shape index (κ3) is 6.25. The van der Waals surface area contributed by atoms with Gasteiger partial charge in [0.15, 0.2) is 0 Å². The fourth-order valence-electron chi connectivity index (χ4n) is 4.08. The number of ether oxygens (including phenoxy) is 2. The van der Waals surface area contributed by atoms with Crippen molar-refractivity contribution in [2.24, 2.45) is 0 Å². The van der Waals surface area contributed by atoms with Crippen molar-refractivity contribution < 1.29 is 14.3 Å². The van der Waals surface area contributed by atoms with E-state index in [1.165, 1.54) is 7.11 Å². The molecular weight excluding hydrogens is 492 g/mol. The summed E-state index contributed by atoms with van der Waals surface area (Å²) in [7, 11) is 3.09. The summed E-state index contributed by atoms with van der Waals surface area (Å²) in [5.41, 5.74) is 3.18. The Bertz CT molecular complexity index is 1310. The van der Waals surface area contributed by atoms with Crippen molar-refractivity contribution >= 4 is 51.7 Å². The predicted molar refractivity (Wildman–Crippen MR) is 150 cm³/mol. The van der Waals surface area contributed by atoms with E-state index in [2.05, 4.69) is 33.9 Å². The number of benzene rings is 4. The number of halogens is 1. The van der Waals surface area contributed by atoms with Crippen LogP contribution in [-0.4, -0.2) is 26.2 Å². The number of anilines is 2. The zero-order valence-electron chi connectivity index (χ0n) is 20.5. The normalized spacial score (nSPS) is 11.7. The van der Waals surface area contributed by atoms with Crippen molar-refractivity contribution in [3.05, 3.63) is 95.5 Å². The van der Waals surface area contributed by atoms with E-state index < -0.39 is 0 Å².